The fourth-order valence-corrected chi connectivity index (χ4v) is 3.35. The van der Waals surface area contributed by atoms with Crippen LogP contribution in [0.3, 0.4) is 0 Å². The number of aromatic nitrogens is 2. The van der Waals surface area contributed by atoms with Crippen LogP contribution in [0, 0.1) is 0 Å². The first-order chi connectivity index (χ1) is 13.1. The van der Waals surface area contributed by atoms with Crippen molar-refractivity contribution in [3.63, 3.8) is 0 Å². The zero-order valence-electron chi connectivity index (χ0n) is 14.2. The van der Waals surface area contributed by atoms with Gasteiger partial charge in [-0.1, -0.05) is 54.6 Å². The molecule has 0 aliphatic carbocycles. The van der Waals surface area contributed by atoms with Crippen molar-refractivity contribution in [1.82, 2.24) is 9.38 Å². The van der Waals surface area contributed by atoms with Gasteiger partial charge in [-0.25, -0.2) is 9.78 Å². The van der Waals surface area contributed by atoms with Crippen molar-refractivity contribution in [1.29, 1.82) is 0 Å². The zero-order valence-corrected chi connectivity index (χ0v) is 15.8. The maximum Gasteiger partial charge on any atom is 0.328 e. The van der Waals surface area contributed by atoms with Crippen LogP contribution < -0.4 is 0 Å². The minimum Gasteiger partial charge on any atom is -0.478 e. The molecular weight excluding hydrogens is 404 g/mol. The van der Waals surface area contributed by atoms with Gasteiger partial charge in [-0.3, -0.25) is 4.40 Å². The molecule has 132 valence electrons. The van der Waals surface area contributed by atoms with Crippen LogP contribution in [0.15, 0.2) is 83.5 Å². The second kappa shape index (κ2) is 7.21. The summed E-state index contributed by atoms with van der Waals surface area (Å²) < 4.78 is 2.77. The maximum absolute atomic E-state index is 11.0. The summed E-state index contributed by atoms with van der Waals surface area (Å²) in [7, 11) is 0. The highest BCUT2D eigenvalue weighted by Gasteiger charge is 2.13. The topological polar surface area (TPSA) is 54.6 Å². The molecule has 0 unspecified atom stereocenters. The number of carboxylic acids is 1. The smallest absolute Gasteiger partial charge is 0.328 e. The third-order valence-electron chi connectivity index (χ3n) is 4.27. The summed E-state index contributed by atoms with van der Waals surface area (Å²) >= 11 is 3.46. The summed E-state index contributed by atoms with van der Waals surface area (Å²) in [5.41, 5.74) is 5.42. The van der Waals surface area contributed by atoms with E-state index in [1.54, 1.807) is 6.08 Å². The molecule has 0 saturated heterocycles. The number of pyridine rings is 1. The second-order valence-corrected chi connectivity index (χ2v) is 6.95. The molecule has 4 aromatic rings. The number of nitrogens with zero attached hydrogens (tertiary/aromatic N) is 2. The molecule has 0 fully saturated rings. The number of carboxylic acid groups (broad SMARTS) is 1. The molecule has 0 aliphatic heterocycles. The molecule has 1 N–H and O–H groups in total. The Balaban J connectivity index is 1.83. The van der Waals surface area contributed by atoms with E-state index in [9.17, 15) is 4.79 Å². The van der Waals surface area contributed by atoms with Crippen molar-refractivity contribution in [3.8, 4) is 22.4 Å². The van der Waals surface area contributed by atoms with E-state index in [0.29, 0.717) is 0 Å². The largest absolute Gasteiger partial charge is 0.478 e. The fourth-order valence-electron chi connectivity index (χ4n) is 3.01. The third-order valence-corrected chi connectivity index (χ3v) is 4.74. The normalized spacial score (nSPS) is 11.3. The minimum absolute atomic E-state index is 0.723. The number of benzene rings is 2. The summed E-state index contributed by atoms with van der Waals surface area (Å²) in [5, 5.41) is 9.04. The van der Waals surface area contributed by atoms with Crippen molar-refractivity contribution < 1.29 is 9.90 Å². The van der Waals surface area contributed by atoms with Gasteiger partial charge in [-0.05, 0) is 45.3 Å². The van der Waals surface area contributed by atoms with E-state index in [4.69, 9.17) is 10.1 Å². The predicted octanol–water partition coefficient (Wildman–Crippen LogP) is 5.53. The summed E-state index contributed by atoms with van der Waals surface area (Å²) in [6.45, 7) is 0. The summed E-state index contributed by atoms with van der Waals surface area (Å²) in [4.78, 5) is 15.7. The van der Waals surface area contributed by atoms with Crippen molar-refractivity contribution in [3.05, 3.63) is 89.2 Å². The number of fused-ring (bicyclic) bond motifs is 1. The van der Waals surface area contributed by atoms with Gasteiger partial charge in [-0.2, -0.15) is 0 Å². The van der Waals surface area contributed by atoms with Crippen LogP contribution in [0.5, 0.6) is 0 Å². The molecule has 2 aromatic carbocycles. The highest BCUT2D eigenvalue weighted by Crippen LogP contribution is 2.29. The SMILES string of the molecule is O=C(O)/C=C\c1c(-c2ccc(-c3ccccc3)cc2)nc2ccc(Br)cn12. The molecule has 4 nitrogen and oxygen atoms in total. The Bertz CT molecular complexity index is 1150. The van der Waals surface area contributed by atoms with Gasteiger partial charge in [0.25, 0.3) is 0 Å². The van der Waals surface area contributed by atoms with Gasteiger partial charge in [0.15, 0.2) is 0 Å². The molecule has 27 heavy (non-hydrogen) atoms. The van der Waals surface area contributed by atoms with Crippen molar-refractivity contribution in [2.75, 3.05) is 0 Å². The van der Waals surface area contributed by atoms with Crippen molar-refractivity contribution in [2.24, 2.45) is 0 Å². The Morgan fingerprint density at radius 3 is 2.30 bits per heavy atom. The standard InChI is InChI=1S/C22H15BrN2O2/c23-18-10-12-20-24-22(19(25(20)14-18)11-13-21(26)27)17-8-6-16(7-9-17)15-4-2-1-3-5-15/h1-14H,(H,26,27)/b13-11-. The number of rotatable bonds is 4. The van der Waals surface area contributed by atoms with Crippen LogP contribution in [0.25, 0.3) is 34.1 Å². The Labute approximate surface area is 164 Å². The van der Waals surface area contributed by atoms with Gasteiger partial charge in [-0.15, -0.1) is 0 Å². The van der Waals surface area contributed by atoms with E-state index < -0.39 is 5.97 Å². The molecular formula is C22H15BrN2O2. The van der Waals surface area contributed by atoms with Gasteiger partial charge >= 0.3 is 5.97 Å². The van der Waals surface area contributed by atoms with Gasteiger partial charge in [0.1, 0.15) is 5.65 Å². The van der Waals surface area contributed by atoms with Crippen LogP contribution in [-0.4, -0.2) is 20.5 Å². The first-order valence-corrected chi connectivity index (χ1v) is 9.15. The lowest BCUT2D eigenvalue weighted by Crippen LogP contribution is -1.91. The number of aliphatic carboxylic acids is 1. The zero-order chi connectivity index (χ0) is 18.8. The first-order valence-electron chi connectivity index (χ1n) is 8.36. The molecule has 5 heteroatoms. The fraction of sp³-hybridized carbons (Fsp3) is 0. The Morgan fingerprint density at radius 1 is 0.926 bits per heavy atom. The van der Waals surface area contributed by atoms with Crippen LogP contribution in [0.2, 0.25) is 0 Å². The Morgan fingerprint density at radius 2 is 1.59 bits per heavy atom. The molecule has 0 bridgehead atoms. The van der Waals surface area contributed by atoms with Gasteiger partial charge in [0.05, 0.1) is 11.4 Å². The number of imidazole rings is 1. The molecule has 0 radical (unpaired) electrons. The summed E-state index contributed by atoms with van der Waals surface area (Å²) in [6, 6.07) is 22.1. The first kappa shape index (κ1) is 17.2. The molecule has 0 saturated carbocycles. The molecule has 0 atom stereocenters. The van der Waals surface area contributed by atoms with E-state index in [2.05, 4.69) is 40.2 Å². The van der Waals surface area contributed by atoms with E-state index >= 15 is 0 Å². The highest BCUT2D eigenvalue weighted by molar-refractivity contribution is 9.10. The number of hydrogen-bond acceptors (Lipinski definition) is 2. The number of halogens is 1. The highest BCUT2D eigenvalue weighted by atomic mass is 79.9. The molecule has 0 amide bonds. The monoisotopic (exact) mass is 418 g/mol. The van der Waals surface area contributed by atoms with Crippen LogP contribution >= 0.6 is 15.9 Å². The molecule has 0 spiro atoms. The van der Waals surface area contributed by atoms with Gasteiger partial charge in [0, 0.05) is 22.3 Å². The van der Waals surface area contributed by atoms with E-state index in [0.717, 1.165) is 44.3 Å². The lowest BCUT2D eigenvalue weighted by molar-refractivity contribution is -0.131. The lowest BCUT2D eigenvalue weighted by Gasteiger charge is -2.04. The second-order valence-electron chi connectivity index (χ2n) is 6.04. The predicted molar refractivity (Wildman–Crippen MR) is 110 cm³/mol. The van der Waals surface area contributed by atoms with E-state index in [1.807, 2.05) is 53.1 Å². The summed E-state index contributed by atoms with van der Waals surface area (Å²) in [5.74, 6) is -0.995. The van der Waals surface area contributed by atoms with E-state index in [1.165, 1.54) is 0 Å². The average Bonchev–Trinajstić information content (AvgIpc) is 3.05. The average molecular weight is 419 g/mol. The molecule has 0 aliphatic rings. The van der Waals surface area contributed by atoms with Crippen molar-refractivity contribution >= 4 is 33.6 Å². The molecule has 2 heterocycles. The minimum atomic E-state index is -0.995. The van der Waals surface area contributed by atoms with Crippen LogP contribution in [0.1, 0.15) is 5.69 Å². The molecule has 4 rings (SSSR count). The van der Waals surface area contributed by atoms with Crippen LogP contribution in [-0.2, 0) is 4.79 Å². The Hall–Kier alpha value is -3.18. The molecule has 2 aromatic heterocycles. The number of carbonyl (C=O) groups is 1. The lowest BCUT2D eigenvalue weighted by atomic mass is 10.0. The summed E-state index contributed by atoms with van der Waals surface area (Å²) in [6.07, 6.45) is 4.59. The maximum atomic E-state index is 11.0. The number of hydrogen-bond donors (Lipinski definition) is 1. The Kier molecular flexibility index (Phi) is 4.60. The van der Waals surface area contributed by atoms with E-state index in [-0.39, 0.29) is 0 Å². The van der Waals surface area contributed by atoms with Crippen LogP contribution in [0.4, 0.5) is 0 Å². The van der Waals surface area contributed by atoms with Gasteiger partial charge < -0.3 is 5.11 Å². The van der Waals surface area contributed by atoms with Crippen molar-refractivity contribution in [2.45, 2.75) is 0 Å². The third kappa shape index (κ3) is 3.55. The quantitative estimate of drug-likeness (QED) is 0.443. The van der Waals surface area contributed by atoms with Gasteiger partial charge in [0.2, 0.25) is 0 Å².